The van der Waals surface area contributed by atoms with Crippen molar-refractivity contribution in [3.05, 3.63) is 29.3 Å². The van der Waals surface area contributed by atoms with Crippen molar-refractivity contribution in [2.75, 3.05) is 7.11 Å². The van der Waals surface area contributed by atoms with Crippen LogP contribution >= 0.6 is 0 Å². The molecule has 2 bridgehead atoms. The van der Waals surface area contributed by atoms with Gasteiger partial charge in [0.1, 0.15) is 11.4 Å². The van der Waals surface area contributed by atoms with Crippen LogP contribution in [-0.2, 0) is 4.74 Å². The number of carbonyl (C=O) groups is 2. The highest BCUT2D eigenvalue weighted by Crippen LogP contribution is 2.41. The van der Waals surface area contributed by atoms with Gasteiger partial charge in [-0.3, -0.25) is 4.79 Å². The molecule has 2 unspecified atom stereocenters. The van der Waals surface area contributed by atoms with Crippen LogP contribution in [0.15, 0.2) is 18.2 Å². The van der Waals surface area contributed by atoms with Crippen LogP contribution in [0.1, 0.15) is 62.4 Å². The highest BCUT2D eigenvalue weighted by atomic mass is 16.6. The van der Waals surface area contributed by atoms with Crippen molar-refractivity contribution >= 4 is 11.9 Å². The molecule has 1 aromatic carbocycles. The average molecular weight is 370 g/mol. The number of ketones is 1. The SMILES string of the molecule is COc1ccc(C#N)cc1C(=O)C1CC2CCC(C1)N2C(=O)OC(C)(C)C. The molecule has 6 heteroatoms. The van der Waals surface area contributed by atoms with Crippen molar-refractivity contribution in [3.8, 4) is 11.8 Å². The molecule has 1 aromatic rings. The van der Waals surface area contributed by atoms with Crippen LogP contribution in [0.3, 0.4) is 0 Å². The number of methoxy groups -OCH3 is 1. The van der Waals surface area contributed by atoms with Crippen molar-refractivity contribution in [2.45, 2.75) is 64.1 Å². The summed E-state index contributed by atoms with van der Waals surface area (Å²) in [4.78, 5) is 27.5. The predicted octanol–water partition coefficient (Wildman–Crippen LogP) is 3.93. The quantitative estimate of drug-likeness (QED) is 0.753. The standard InChI is InChI=1S/C21H26N2O4/c1-21(2,3)27-20(25)23-15-6-7-16(23)11-14(10-15)19(24)17-9-13(12-22)5-8-18(17)26-4/h5,8-9,14-16H,6-7,10-11H2,1-4H3. The minimum absolute atomic E-state index is 0.00955. The molecule has 1 amide bonds. The number of amides is 1. The molecule has 0 saturated carbocycles. The van der Waals surface area contributed by atoms with Crippen molar-refractivity contribution in [3.63, 3.8) is 0 Å². The van der Waals surface area contributed by atoms with E-state index in [9.17, 15) is 9.59 Å². The van der Waals surface area contributed by atoms with E-state index in [1.54, 1.807) is 18.2 Å². The number of nitriles is 1. The minimum Gasteiger partial charge on any atom is -0.496 e. The van der Waals surface area contributed by atoms with Crippen LogP contribution in [0.4, 0.5) is 4.79 Å². The van der Waals surface area contributed by atoms with E-state index < -0.39 is 5.60 Å². The Hall–Kier alpha value is -2.55. The second-order valence-electron chi connectivity index (χ2n) is 8.33. The lowest BCUT2D eigenvalue weighted by atomic mass is 9.84. The molecule has 0 spiro atoms. The van der Waals surface area contributed by atoms with Gasteiger partial charge in [-0.1, -0.05) is 0 Å². The molecule has 0 aromatic heterocycles. The van der Waals surface area contributed by atoms with E-state index in [1.165, 1.54) is 7.11 Å². The van der Waals surface area contributed by atoms with Crippen LogP contribution in [0.5, 0.6) is 5.75 Å². The third kappa shape index (κ3) is 3.92. The Labute approximate surface area is 160 Å². The van der Waals surface area contributed by atoms with Crippen LogP contribution in [-0.4, -0.2) is 41.6 Å². The Morgan fingerprint density at radius 1 is 1.19 bits per heavy atom. The van der Waals surface area contributed by atoms with Gasteiger partial charge in [0, 0.05) is 18.0 Å². The molecule has 0 N–H and O–H groups in total. The first-order chi connectivity index (χ1) is 12.7. The second-order valence-corrected chi connectivity index (χ2v) is 8.33. The van der Waals surface area contributed by atoms with Crippen molar-refractivity contribution in [2.24, 2.45) is 5.92 Å². The van der Waals surface area contributed by atoms with Crippen molar-refractivity contribution < 1.29 is 19.1 Å². The van der Waals surface area contributed by atoms with Gasteiger partial charge in [0.15, 0.2) is 5.78 Å². The van der Waals surface area contributed by atoms with Crippen LogP contribution in [0, 0.1) is 17.2 Å². The molecule has 2 aliphatic rings. The third-order valence-electron chi connectivity index (χ3n) is 5.30. The van der Waals surface area contributed by atoms with Gasteiger partial charge in [-0.2, -0.15) is 5.26 Å². The zero-order chi connectivity index (χ0) is 19.8. The topological polar surface area (TPSA) is 79.6 Å². The highest BCUT2D eigenvalue weighted by Gasteiger charge is 2.46. The molecule has 2 atom stereocenters. The molecule has 144 valence electrons. The van der Waals surface area contributed by atoms with E-state index in [0.29, 0.717) is 29.7 Å². The maximum absolute atomic E-state index is 13.1. The number of hydrogen-bond acceptors (Lipinski definition) is 5. The Balaban J connectivity index is 1.78. The number of carbonyl (C=O) groups excluding carboxylic acids is 2. The summed E-state index contributed by atoms with van der Waals surface area (Å²) in [7, 11) is 1.52. The third-order valence-corrected chi connectivity index (χ3v) is 5.30. The highest BCUT2D eigenvalue weighted by molar-refractivity contribution is 6.01. The van der Waals surface area contributed by atoms with E-state index in [-0.39, 0.29) is 29.9 Å². The van der Waals surface area contributed by atoms with Gasteiger partial charge in [-0.05, 0) is 64.7 Å². The number of ether oxygens (including phenoxy) is 2. The molecule has 0 aliphatic carbocycles. The smallest absolute Gasteiger partial charge is 0.410 e. The lowest BCUT2D eigenvalue weighted by molar-refractivity contribution is 0.00252. The fourth-order valence-corrected chi connectivity index (χ4v) is 4.19. The number of rotatable bonds is 3. The van der Waals surface area contributed by atoms with E-state index in [0.717, 1.165) is 12.8 Å². The summed E-state index contributed by atoms with van der Waals surface area (Å²) in [5.74, 6) is 0.301. The maximum Gasteiger partial charge on any atom is 0.410 e. The zero-order valence-corrected chi connectivity index (χ0v) is 16.3. The normalized spacial score (nSPS) is 24.3. The lowest BCUT2D eigenvalue weighted by Crippen LogP contribution is -2.49. The summed E-state index contributed by atoms with van der Waals surface area (Å²) in [6, 6.07) is 7.03. The molecule has 2 aliphatic heterocycles. The first-order valence-corrected chi connectivity index (χ1v) is 9.37. The van der Waals surface area contributed by atoms with Gasteiger partial charge in [0.2, 0.25) is 0 Å². The molecular weight excluding hydrogens is 344 g/mol. The number of hydrogen-bond donors (Lipinski definition) is 0. The Bertz CT molecular complexity index is 776. The first-order valence-electron chi connectivity index (χ1n) is 9.37. The lowest BCUT2D eigenvalue weighted by Gasteiger charge is -2.39. The van der Waals surface area contributed by atoms with Gasteiger partial charge in [-0.25, -0.2) is 4.79 Å². The molecule has 2 heterocycles. The molecule has 3 rings (SSSR count). The number of fused-ring (bicyclic) bond motifs is 2. The van der Waals surface area contributed by atoms with Gasteiger partial charge in [0.25, 0.3) is 0 Å². The predicted molar refractivity (Wildman–Crippen MR) is 99.6 cm³/mol. The van der Waals surface area contributed by atoms with Crippen LogP contribution in [0.25, 0.3) is 0 Å². The summed E-state index contributed by atoms with van der Waals surface area (Å²) in [5.41, 5.74) is 0.355. The number of Topliss-reactive ketones (excluding diaryl/α,β-unsaturated/α-hetero) is 1. The van der Waals surface area contributed by atoms with Crippen molar-refractivity contribution in [1.29, 1.82) is 5.26 Å². The van der Waals surface area contributed by atoms with E-state index in [4.69, 9.17) is 14.7 Å². The fourth-order valence-electron chi connectivity index (χ4n) is 4.19. The summed E-state index contributed by atoms with van der Waals surface area (Å²) >= 11 is 0. The van der Waals surface area contributed by atoms with Crippen LogP contribution in [0.2, 0.25) is 0 Å². The Morgan fingerprint density at radius 2 is 1.81 bits per heavy atom. The fraction of sp³-hybridized carbons (Fsp3) is 0.571. The van der Waals surface area contributed by atoms with Crippen LogP contribution < -0.4 is 4.74 Å². The summed E-state index contributed by atoms with van der Waals surface area (Å²) < 4.78 is 10.9. The molecular formula is C21H26N2O4. The number of benzene rings is 1. The largest absolute Gasteiger partial charge is 0.496 e. The minimum atomic E-state index is -0.533. The summed E-state index contributed by atoms with van der Waals surface area (Å²) in [6.07, 6.45) is 2.74. The van der Waals surface area contributed by atoms with E-state index in [1.807, 2.05) is 25.7 Å². The second kappa shape index (κ2) is 7.22. The van der Waals surface area contributed by atoms with E-state index in [2.05, 4.69) is 6.07 Å². The Morgan fingerprint density at radius 3 is 2.33 bits per heavy atom. The molecule has 2 fully saturated rings. The number of nitrogens with zero attached hydrogens (tertiary/aromatic N) is 2. The maximum atomic E-state index is 13.1. The van der Waals surface area contributed by atoms with Gasteiger partial charge in [-0.15, -0.1) is 0 Å². The molecule has 2 saturated heterocycles. The van der Waals surface area contributed by atoms with Gasteiger partial charge < -0.3 is 14.4 Å². The number of piperidine rings is 1. The van der Waals surface area contributed by atoms with Gasteiger partial charge >= 0.3 is 6.09 Å². The monoisotopic (exact) mass is 370 g/mol. The Kier molecular flexibility index (Phi) is 5.14. The van der Waals surface area contributed by atoms with Crippen molar-refractivity contribution in [1.82, 2.24) is 4.90 Å². The average Bonchev–Trinajstić information content (AvgIpc) is 2.89. The molecule has 27 heavy (non-hydrogen) atoms. The zero-order valence-electron chi connectivity index (χ0n) is 16.3. The molecule has 0 radical (unpaired) electrons. The summed E-state index contributed by atoms with van der Waals surface area (Å²) in [6.45, 7) is 5.58. The summed E-state index contributed by atoms with van der Waals surface area (Å²) in [5, 5.41) is 9.14. The molecule has 6 nitrogen and oxygen atoms in total. The van der Waals surface area contributed by atoms with E-state index >= 15 is 0 Å². The van der Waals surface area contributed by atoms with Gasteiger partial charge in [0.05, 0.1) is 24.3 Å². The first kappa shape index (κ1) is 19.2.